The van der Waals surface area contributed by atoms with E-state index in [1.165, 1.54) is 37.7 Å². The Morgan fingerprint density at radius 3 is 2.42 bits per heavy atom. The number of carbonyl (C=O) groups excluding carboxylic acids is 2. The summed E-state index contributed by atoms with van der Waals surface area (Å²) >= 11 is 12.3. The van der Waals surface area contributed by atoms with Crippen molar-refractivity contribution in [2.24, 2.45) is 0 Å². The molecule has 1 aliphatic rings. The van der Waals surface area contributed by atoms with Gasteiger partial charge in [0.2, 0.25) is 0 Å². The summed E-state index contributed by atoms with van der Waals surface area (Å²) < 4.78 is 33.7. The number of halogens is 4. The molecule has 0 saturated carbocycles. The number of hydrogen-bond donors (Lipinski definition) is 1. The number of benzene rings is 2. The molecule has 1 aromatic heterocycles. The zero-order valence-corrected chi connectivity index (χ0v) is 18.4. The van der Waals surface area contributed by atoms with Crippen LogP contribution in [0.1, 0.15) is 17.2 Å². The van der Waals surface area contributed by atoms with Gasteiger partial charge in [0, 0.05) is 24.0 Å². The molecule has 1 saturated heterocycles. The topological polar surface area (TPSA) is 79.7 Å². The number of aromatic nitrogens is 1. The van der Waals surface area contributed by atoms with Crippen molar-refractivity contribution in [1.82, 2.24) is 4.98 Å². The highest BCUT2D eigenvalue weighted by molar-refractivity contribution is 6.51. The summed E-state index contributed by atoms with van der Waals surface area (Å²) in [7, 11) is 1.36. The maximum absolute atomic E-state index is 14.6. The van der Waals surface area contributed by atoms with Crippen molar-refractivity contribution in [2.45, 2.75) is 6.04 Å². The highest BCUT2D eigenvalue weighted by atomic mass is 35.5. The molecule has 0 bridgehead atoms. The van der Waals surface area contributed by atoms with Gasteiger partial charge >= 0.3 is 0 Å². The normalized spacial score (nSPS) is 17.5. The lowest BCUT2D eigenvalue weighted by molar-refractivity contribution is -0.132. The van der Waals surface area contributed by atoms with E-state index in [0.717, 1.165) is 23.1 Å². The molecule has 3 aromatic rings. The number of aliphatic hydroxyl groups is 1. The van der Waals surface area contributed by atoms with E-state index in [9.17, 15) is 23.5 Å². The number of aliphatic hydroxyl groups excluding tert-OH is 1. The third-order valence-electron chi connectivity index (χ3n) is 5.09. The van der Waals surface area contributed by atoms with E-state index in [-0.39, 0.29) is 32.5 Å². The quantitative estimate of drug-likeness (QED) is 0.305. The number of Topliss-reactive ketones (excluding diaryl/α,β-unsaturated/α-hetero) is 1. The molecule has 4 rings (SSSR count). The minimum atomic E-state index is -1.30. The molecule has 1 N–H and O–H groups in total. The monoisotopic (exact) mass is 490 g/mol. The first kappa shape index (κ1) is 22.7. The fourth-order valence-corrected chi connectivity index (χ4v) is 4.29. The lowest BCUT2D eigenvalue weighted by Crippen LogP contribution is -2.30. The van der Waals surface area contributed by atoms with Crippen LogP contribution in [0.5, 0.6) is 5.75 Å². The third-order valence-corrected chi connectivity index (χ3v) is 5.65. The van der Waals surface area contributed by atoms with Crippen molar-refractivity contribution in [3.8, 4) is 5.75 Å². The zero-order chi connectivity index (χ0) is 23.9. The summed E-state index contributed by atoms with van der Waals surface area (Å²) in [5, 5.41) is 11.2. The molecule has 1 aliphatic heterocycles. The van der Waals surface area contributed by atoms with Crippen molar-refractivity contribution < 1.29 is 28.2 Å². The first-order chi connectivity index (χ1) is 15.7. The summed E-state index contributed by atoms with van der Waals surface area (Å²) in [5.41, 5.74) is -0.519. The lowest BCUT2D eigenvalue weighted by atomic mass is 9.96. The number of methoxy groups -OCH3 is 1. The Morgan fingerprint density at radius 1 is 1.12 bits per heavy atom. The van der Waals surface area contributed by atoms with E-state index in [1.54, 1.807) is 6.07 Å². The van der Waals surface area contributed by atoms with Gasteiger partial charge in [0.05, 0.1) is 34.5 Å². The van der Waals surface area contributed by atoms with Crippen molar-refractivity contribution in [1.29, 1.82) is 0 Å². The second-order valence-electron chi connectivity index (χ2n) is 7.02. The van der Waals surface area contributed by atoms with Gasteiger partial charge in [0.25, 0.3) is 11.7 Å². The van der Waals surface area contributed by atoms with Gasteiger partial charge in [0.15, 0.2) is 5.75 Å². The number of amides is 1. The van der Waals surface area contributed by atoms with Crippen molar-refractivity contribution >= 4 is 46.3 Å². The Kier molecular flexibility index (Phi) is 6.05. The first-order valence-electron chi connectivity index (χ1n) is 9.44. The summed E-state index contributed by atoms with van der Waals surface area (Å²) in [4.78, 5) is 30.8. The van der Waals surface area contributed by atoms with Crippen LogP contribution in [0.2, 0.25) is 10.0 Å². The van der Waals surface area contributed by atoms with E-state index in [4.69, 9.17) is 27.9 Å². The fraction of sp³-hybridized carbons (Fsp3) is 0.0870. The summed E-state index contributed by atoms with van der Waals surface area (Å²) in [6, 6.07) is 6.91. The molecular formula is C23H14Cl2F2N2O4. The molecule has 10 heteroatoms. The van der Waals surface area contributed by atoms with Crippen molar-refractivity contribution in [2.75, 3.05) is 12.0 Å². The standard InChI is InChI=1S/C23H14Cl2F2N2O4/c1-33-22-14(24)7-12(8-15(22)25)20(30)18-19(11-3-2-6-28-10-11)29(23(32)21(18)31)17-9-13(26)4-5-16(17)27/h2-10,19,30H,1H3/b20-18+. The number of rotatable bonds is 4. The van der Waals surface area contributed by atoms with Crippen LogP contribution in [0.3, 0.4) is 0 Å². The Bertz CT molecular complexity index is 1290. The highest BCUT2D eigenvalue weighted by Crippen LogP contribution is 2.44. The van der Waals surface area contributed by atoms with Gasteiger partial charge in [-0.2, -0.15) is 0 Å². The van der Waals surface area contributed by atoms with E-state index in [2.05, 4.69) is 4.98 Å². The smallest absolute Gasteiger partial charge is 0.300 e. The minimum absolute atomic E-state index is 0.0254. The van der Waals surface area contributed by atoms with Gasteiger partial charge in [-0.05, 0) is 35.9 Å². The SMILES string of the molecule is COc1c(Cl)cc(/C(O)=C2\C(=O)C(=O)N(c3cc(F)ccc3F)C2c2cccnc2)cc1Cl. The number of pyridine rings is 1. The van der Waals surface area contributed by atoms with E-state index >= 15 is 0 Å². The third kappa shape index (κ3) is 3.92. The van der Waals surface area contributed by atoms with Gasteiger partial charge < -0.3 is 9.84 Å². The summed E-state index contributed by atoms with van der Waals surface area (Å²) in [6.45, 7) is 0. The van der Waals surface area contributed by atoms with Crippen LogP contribution in [0.15, 0.2) is 60.4 Å². The molecule has 0 spiro atoms. The second kappa shape index (κ2) is 8.80. The maximum Gasteiger partial charge on any atom is 0.300 e. The fourth-order valence-electron chi connectivity index (χ4n) is 3.65. The summed E-state index contributed by atoms with van der Waals surface area (Å²) in [6.07, 6.45) is 2.81. The second-order valence-corrected chi connectivity index (χ2v) is 7.84. The van der Waals surface area contributed by atoms with Crippen LogP contribution in [-0.4, -0.2) is 28.9 Å². The molecule has 2 heterocycles. The number of nitrogens with zero attached hydrogens (tertiary/aromatic N) is 2. The first-order valence-corrected chi connectivity index (χ1v) is 10.2. The Balaban J connectivity index is 1.98. The lowest BCUT2D eigenvalue weighted by Gasteiger charge is -2.25. The highest BCUT2D eigenvalue weighted by Gasteiger charge is 2.48. The Morgan fingerprint density at radius 2 is 1.82 bits per heavy atom. The minimum Gasteiger partial charge on any atom is -0.507 e. The van der Waals surface area contributed by atoms with Gasteiger partial charge in [-0.1, -0.05) is 29.3 Å². The van der Waals surface area contributed by atoms with Crippen LogP contribution in [0.4, 0.5) is 14.5 Å². The molecule has 1 atom stereocenters. The largest absolute Gasteiger partial charge is 0.507 e. The van der Waals surface area contributed by atoms with Gasteiger partial charge in [-0.25, -0.2) is 8.78 Å². The van der Waals surface area contributed by atoms with E-state index < -0.39 is 40.8 Å². The van der Waals surface area contributed by atoms with Crippen molar-refractivity contribution in [3.63, 3.8) is 0 Å². The Labute approximate surface area is 196 Å². The molecule has 1 fully saturated rings. The summed E-state index contributed by atoms with van der Waals surface area (Å²) in [5.74, 6) is -4.45. The van der Waals surface area contributed by atoms with E-state index in [0.29, 0.717) is 0 Å². The molecule has 2 aromatic carbocycles. The maximum atomic E-state index is 14.6. The average Bonchev–Trinajstić information content (AvgIpc) is 3.06. The molecule has 168 valence electrons. The predicted molar refractivity (Wildman–Crippen MR) is 118 cm³/mol. The zero-order valence-electron chi connectivity index (χ0n) is 16.9. The van der Waals surface area contributed by atoms with Crippen LogP contribution in [0.25, 0.3) is 5.76 Å². The number of anilines is 1. The van der Waals surface area contributed by atoms with Gasteiger partial charge in [-0.3, -0.25) is 19.5 Å². The van der Waals surface area contributed by atoms with Crippen LogP contribution >= 0.6 is 23.2 Å². The predicted octanol–water partition coefficient (Wildman–Crippen LogP) is 5.30. The number of carbonyl (C=O) groups is 2. The number of ketones is 1. The van der Waals surface area contributed by atoms with Crippen LogP contribution < -0.4 is 9.64 Å². The molecule has 1 unspecified atom stereocenters. The molecular weight excluding hydrogens is 477 g/mol. The molecule has 33 heavy (non-hydrogen) atoms. The van der Waals surface area contributed by atoms with Gasteiger partial charge in [-0.15, -0.1) is 0 Å². The molecule has 6 nitrogen and oxygen atoms in total. The van der Waals surface area contributed by atoms with Crippen LogP contribution in [0, 0.1) is 11.6 Å². The average molecular weight is 491 g/mol. The number of ether oxygens (including phenoxy) is 1. The van der Waals surface area contributed by atoms with E-state index in [1.807, 2.05) is 0 Å². The number of hydrogen-bond acceptors (Lipinski definition) is 5. The molecule has 1 amide bonds. The Hall–Kier alpha value is -3.49. The van der Waals surface area contributed by atoms with Crippen molar-refractivity contribution in [3.05, 3.63) is 93.2 Å². The van der Waals surface area contributed by atoms with Gasteiger partial charge in [0.1, 0.15) is 17.4 Å². The van der Waals surface area contributed by atoms with Crippen LogP contribution in [-0.2, 0) is 9.59 Å². The molecule has 0 aliphatic carbocycles. The molecule has 0 radical (unpaired) electrons.